The van der Waals surface area contributed by atoms with Crippen LogP contribution < -0.4 is 10.6 Å². The minimum absolute atomic E-state index is 0.753. The lowest BCUT2D eigenvalue weighted by Crippen LogP contribution is -2.36. The van der Waals surface area contributed by atoms with Crippen LogP contribution in [0.3, 0.4) is 0 Å². The van der Waals surface area contributed by atoms with Gasteiger partial charge in [-0.05, 0) is 53.0 Å². The van der Waals surface area contributed by atoms with Gasteiger partial charge in [0.15, 0.2) is 0 Å². The zero-order valence-corrected chi connectivity index (χ0v) is 11.6. The number of halogens is 1. The van der Waals surface area contributed by atoms with Crippen molar-refractivity contribution < 1.29 is 4.74 Å². The van der Waals surface area contributed by atoms with Crippen LogP contribution in [0.4, 0.5) is 5.69 Å². The number of hydrogen-bond donors (Lipinski definition) is 1. The Morgan fingerprint density at radius 1 is 1.29 bits per heavy atom. The van der Waals surface area contributed by atoms with E-state index in [1.165, 1.54) is 15.7 Å². The molecule has 1 aromatic rings. The second-order valence-corrected chi connectivity index (χ2v) is 5.13. The number of nitrogens with two attached hydrogens (primary N) is 1. The zero-order valence-electron chi connectivity index (χ0n) is 9.99. The molecule has 0 aromatic heterocycles. The molecule has 0 saturated carbocycles. The van der Waals surface area contributed by atoms with Crippen molar-refractivity contribution in [2.75, 3.05) is 37.7 Å². The van der Waals surface area contributed by atoms with E-state index in [0.29, 0.717) is 0 Å². The van der Waals surface area contributed by atoms with Crippen LogP contribution in [0.2, 0.25) is 0 Å². The highest BCUT2D eigenvalue weighted by Gasteiger charge is 2.13. The molecule has 0 aliphatic carbocycles. The molecule has 94 valence electrons. The number of benzene rings is 1. The van der Waals surface area contributed by atoms with Crippen LogP contribution in [0.15, 0.2) is 22.7 Å². The van der Waals surface area contributed by atoms with Gasteiger partial charge >= 0.3 is 0 Å². The van der Waals surface area contributed by atoms with E-state index in [1.807, 2.05) is 0 Å². The van der Waals surface area contributed by atoms with Crippen molar-refractivity contribution in [2.45, 2.75) is 12.8 Å². The fraction of sp³-hybridized carbons (Fsp3) is 0.538. The van der Waals surface area contributed by atoms with E-state index in [4.69, 9.17) is 10.5 Å². The number of ether oxygens (including phenoxy) is 1. The first-order chi connectivity index (χ1) is 8.31. The Labute approximate surface area is 111 Å². The van der Waals surface area contributed by atoms with Crippen LogP contribution in [0.5, 0.6) is 0 Å². The maximum atomic E-state index is 5.53. The predicted molar refractivity (Wildman–Crippen MR) is 74.5 cm³/mol. The fourth-order valence-electron chi connectivity index (χ4n) is 2.07. The first kappa shape index (κ1) is 12.9. The van der Waals surface area contributed by atoms with E-state index in [0.717, 1.165) is 45.7 Å². The maximum Gasteiger partial charge on any atom is 0.0642 e. The molecule has 0 unspecified atom stereocenters. The lowest BCUT2D eigenvalue weighted by Gasteiger charge is -2.29. The number of rotatable bonds is 4. The van der Waals surface area contributed by atoms with Crippen LogP contribution >= 0.6 is 15.9 Å². The maximum absolute atomic E-state index is 5.53. The van der Waals surface area contributed by atoms with Gasteiger partial charge in [0.25, 0.3) is 0 Å². The fourth-order valence-corrected chi connectivity index (χ4v) is 2.75. The molecular weight excluding hydrogens is 280 g/mol. The summed E-state index contributed by atoms with van der Waals surface area (Å²) in [6, 6.07) is 6.60. The summed E-state index contributed by atoms with van der Waals surface area (Å²) in [5.74, 6) is 0. The monoisotopic (exact) mass is 298 g/mol. The van der Waals surface area contributed by atoms with E-state index in [-0.39, 0.29) is 0 Å². The SMILES string of the molecule is NCCCc1ccc(N2CCOCC2)c(Br)c1. The van der Waals surface area contributed by atoms with Crippen molar-refractivity contribution in [3.8, 4) is 0 Å². The Morgan fingerprint density at radius 3 is 2.71 bits per heavy atom. The third-order valence-electron chi connectivity index (χ3n) is 3.03. The number of anilines is 1. The molecule has 4 heteroatoms. The Hall–Kier alpha value is -0.580. The van der Waals surface area contributed by atoms with Crippen molar-refractivity contribution in [1.29, 1.82) is 0 Å². The summed E-state index contributed by atoms with van der Waals surface area (Å²) >= 11 is 3.66. The Bertz CT molecular complexity index is 364. The minimum atomic E-state index is 0.753. The lowest BCUT2D eigenvalue weighted by molar-refractivity contribution is 0.122. The van der Waals surface area contributed by atoms with Crippen molar-refractivity contribution in [1.82, 2.24) is 0 Å². The summed E-state index contributed by atoms with van der Waals surface area (Å²) in [4.78, 5) is 2.36. The molecule has 1 saturated heterocycles. The number of aryl methyl sites for hydroxylation is 1. The Morgan fingerprint density at radius 2 is 2.06 bits per heavy atom. The van der Waals surface area contributed by atoms with Gasteiger partial charge in [0.2, 0.25) is 0 Å². The van der Waals surface area contributed by atoms with Gasteiger partial charge in [0.05, 0.1) is 18.9 Å². The molecule has 2 N–H and O–H groups in total. The molecule has 0 amide bonds. The van der Waals surface area contributed by atoms with E-state index in [1.54, 1.807) is 0 Å². The number of hydrogen-bond acceptors (Lipinski definition) is 3. The molecule has 17 heavy (non-hydrogen) atoms. The summed E-state index contributed by atoms with van der Waals surface area (Å²) < 4.78 is 6.54. The van der Waals surface area contributed by atoms with Crippen molar-refractivity contribution >= 4 is 21.6 Å². The number of morpholine rings is 1. The van der Waals surface area contributed by atoms with Crippen LogP contribution in [-0.2, 0) is 11.2 Å². The quantitative estimate of drug-likeness (QED) is 0.926. The summed E-state index contributed by atoms with van der Waals surface area (Å²) in [6.45, 7) is 4.34. The van der Waals surface area contributed by atoms with Crippen LogP contribution in [0, 0.1) is 0 Å². The number of nitrogens with zero attached hydrogens (tertiary/aromatic N) is 1. The Balaban J connectivity index is 2.07. The molecule has 1 aliphatic heterocycles. The summed E-state index contributed by atoms with van der Waals surface area (Å²) in [5, 5.41) is 0. The van der Waals surface area contributed by atoms with Crippen molar-refractivity contribution in [3.05, 3.63) is 28.2 Å². The average Bonchev–Trinajstić information content (AvgIpc) is 2.37. The van der Waals surface area contributed by atoms with Gasteiger partial charge in [-0.3, -0.25) is 0 Å². The summed E-state index contributed by atoms with van der Waals surface area (Å²) in [7, 11) is 0. The third kappa shape index (κ3) is 3.44. The Kier molecular flexibility index (Phi) is 4.83. The summed E-state index contributed by atoms with van der Waals surface area (Å²) in [6.07, 6.45) is 2.10. The average molecular weight is 299 g/mol. The smallest absolute Gasteiger partial charge is 0.0642 e. The molecule has 0 atom stereocenters. The molecule has 1 fully saturated rings. The minimum Gasteiger partial charge on any atom is -0.378 e. The molecule has 0 spiro atoms. The normalized spacial score (nSPS) is 16.2. The molecule has 0 bridgehead atoms. The predicted octanol–water partition coefficient (Wildman–Crippen LogP) is 2.18. The highest BCUT2D eigenvalue weighted by Crippen LogP contribution is 2.28. The van der Waals surface area contributed by atoms with Crippen molar-refractivity contribution in [3.63, 3.8) is 0 Å². The van der Waals surface area contributed by atoms with Crippen LogP contribution in [0.1, 0.15) is 12.0 Å². The van der Waals surface area contributed by atoms with Gasteiger partial charge in [-0.15, -0.1) is 0 Å². The highest BCUT2D eigenvalue weighted by atomic mass is 79.9. The van der Waals surface area contributed by atoms with E-state index >= 15 is 0 Å². The van der Waals surface area contributed by atoms with Crippen molar-refractivity contribution in [2.24, 2.45) is 5.73 Å². The second-order valence-electron chi connectivity index (χ2n) is 4.28. The molecule has 3 nitrogen and oxygen atoms in total. The van der Waals surface area contributed by atoms with Gasteiger partial charge in [0.1, 0.15) is 0 Å². The van der Waals surface area contributed by atoms with Gasteiger partial charge in [0, 0.05) is 17.6 Å². The van der Waals surface area contributed by atoms with Gasteiger partial charge < -0.3 is 15.4 Å². The van der Waals surface area contributed by atoms with Gasteiger partial charge in [-0.25, -0.2) is 0 Å². The van der Waals surface area contributed by atoms with Gasteiger partial charge in [-0.2, -0.15) is 0 Å². The largest absolute Gasteiger partial charge is 0.378 e. The standard InChI is InChI=1S/C13H19BrN2O/c14-12-10-11(2-1-5-15)3-4-13(12)16-6-8-17-9-7-16/h3-4,10H,1-2,5-9,15H2. The third-order valence-corrected chi connectivity index (χ3v) is 3.67. The molecule has 0 radical (unpaired) electrons. The van der Waals surface area contributed by atoms with Crippen LogP contribution in [0.25, 0.3) is 0 Å². The van der Waals surface area contributed by atoms with E-state index in [2.05, 4.69) is 39.0 Å². The topological polar surface area (TPSA) is 38.5 Å². The zero-order chi connectivity index (χ0) is 12.1. The van der Waals surface area contributed by atoms with E-state index < -0.39 is 0 Å². The molecule has 2 rings (SSSR count). The first-order valence-electron chi connectivity index (χ1n) is 6.12. The lowest BCUT2D eigenvalue weighted by atomic mass is 10.1. The van der Waals surface area contributed by atoms with Gasteiger partial charge in [-0.1, -0.05) is 6.07 Å². The summed E-state index contributed by atoms with van der Waals surface area (Å²) in [5.41, 5.74) is 8.14. The second kappa shape index (κ2) is 6.38. The van der Waals surface area contributed by atoms with Crippen LogP contribution in [-0.4, -0.2) is 32.8 Å². The molecule has 1 aliphatic rings. The molecule has 1 aromatic carbocycles. The molecular formula is C13H19BrN2O. The van der Waals surface area contributed by atoms with E-state index in [9.17, 15) is 0 Å². The first-order valence-corrected chi connectivity index (χ1v) is 6.92. The molecule has 1 heterocycles. The highest BCUT2D eigenvalue weighted by molar-refractivity contribution is 9.10.